The summed E-state index contributed by atoms with van der Waals surface area (Å²) in [5.74, 6) is 4.90. The van der Waals surface area contributed by atoms with Gasteiger partial charge in [-0.05, 0) is 51.7 Å². The number of hydrogen-bond donors (Lipinski definition) is 1. The van der Waals surface area contributed by atoms with Gasteiger partial charge in [-0.25, -0.2) is 0 Å². The highest BCUT2D eigenvalue weighted by Crippen LogP contribution is 2.08. The van der Waals surface area contributed by atoms with Gasteiger partial charge < -0.3 is 10.2 Å². The van der Waals surface area contributed by atoms with Crippen molar-refractivity contribution in [1.29, 1.82) is 0 Å². The molecule has 0 spiro atoms. The molecule has 1 rings (SSSR count). The molecular formula is C12H20N2O. The predicted octanol–water partition coefficient (Wildman–Crippen LogP) is 1.00. The minimum atomic E-state index is -0.156. The zero-order valence-corrected chi connectivity index (χ0v) is 9.51. The second-order valence-corrected chi connectivity index (χ2v) is 3.89. The summed E-state index contributed by atoms with van der Waals surface area (Å²) in [4.78, 5) is 13.5. The second-order valence-electron chi connectivity index (χ2n) is 3.89. The lowest BCUT2D eigenvalue weighted by Gasteiger charge is -2.26. The minimum absolute atomic E-state index is 0.156. The van der Waals surface area contributed by atoms with E-state index in [1.807, 2.05) is 0 Å². The van der Waals surface area contributed by atoms with Crippen LogP contribution >= 0.6 is 0 Å². The first-order chi connectivity index (χ1) is 7.33. The van der Waals surface area contributed by atoms with Crippen molar-refractivity contribution in [1.82, 2.24) is 10.2 Å². The van der Waals surface area contributed by atoms with E-state index in [0.29, 0.717) is 0 Å². The SMILES string of the molecule is CC#CC(=O)NCCCN1CCCCC1. The van der Waals surface area contributed by atoms with Crippen LogP contribution in [-0.2, 0) is 4.79 Å². The van der Waals surface area contributed by atoms with E-state index in [1.165, 1.54) is 32.4 Å². The standard InChI is InChI=1S/C12H20N2O/c1-2-7-12(15)13-8-6-11-14-9-4-3-5-10-14/h3-6,8-11H2,1H3,(H,13,15). The van der Waals surface area contributed by atoms with Crippen molar-refractivity contribution in [3.05, 3.63) is 0 Å². The van der Waals surface area contributed by atoms with Crippen LogP contribution in [0.25, 0.3) is 0 Å². The zero-order valence-electron chi connectivity index (χ0n) is 9.51. The highest BCUT2D eigenvalue weighted by Gasteiger charge is 2.08. The van der Waals surface area contributed by atoms with Gasteiger partial charge in [-0.3, -0.25) is 4.79 Å². The first kappa shape index (κ1) is 12.1. The maximum atomic E-state index is 11.0. The van der Waals surface area contributed by atoms with Crippen molar-refractivity contribution < 1.29 is 4.79 Å². The predicted molar refractivity (Wildman–Crippen MR) is 61.4 cm³/mol. The van der Waals surface area contributed by atoms with E-state index in [9.17, 15) is 4.79 Å². The van der Waals surface area contributed by atoms with Crippen LogP contribution in [0.5, 0.6) is 0 Å². The van der Waals surface area contributed by atoms with Crippen LogP contribution in [0, 0.1) is 11.8 Å². The lowest BCUT2D eigenvalue weighted by molar-refractivity contribution is -0.115. The Hall–Kier alpha value is -1.01. The van der Waals surface area contributed by atoms with Gasteiger partial charge in [0.25, 0.3) is 5.91 Å². The zero-order chi connectivity index (χ0) is 10.9. The Morgan fingerprint density at radius 2 is 2.07 bits per heavy atom. The van der Waals surface area contributed by atoms with Gasteiger partial charge >= 0.3 is 0 Å². The van der Waals surface area contributed by atoms with Gasteiger partial charge in [0.1, 0.15) is 0 Å². The molecule has 3 nitrogen and oxygen atoms in total. The smallest absolute Gasteiger partial charge is 0.295 e. The average Bonchev–Trinajstić information content (AvgIpc) is 2.26. The van der Waals surface area contributed by atoms with Gasteiger partial charge in [0, 0.05) is 6.54 Å². The molecule has 0 aromatic rings. The summed E-state index contributed by atoms with van der Waals surface area (Å²) in [6, 6.07) is 0. The number of hydrogen-bond acceptors (Lipinski definition) is 2. The Morgan fingerprint density at radius 1 is 1.33 bits per heavy atom. The fraction of sp³-hybridized carbons (Fsp3) is 0.750. The van der Waals surface area contributed by atoms with Crippen LogP contribution in [0.3, 0.4) is 0 Å². The number of nitrogens with one attached hydrogen (secondary N) is 1. The Kier molecular flexibility index (Phi) is 5.87. The number of carbonyl (C=O) groups excluding carboxylic acids is 1. The van der Waals surface area contributed by atoms with E-state index in [4.69, 9.17) is 0 Å². The average molecular weight is 208 g/mol. The van der Waals surface area contributed by atoms with E-state index in [0.717, 1.165) is 19.5 Å². The molecule has 3 heteroatoms. The van der Waals surface area contributed by atoms with Crippen LogP contribution in [0.1, 0.15) is 32.6 Å². The Morgan fingerprint density at radius 3 is 2.73 bits per heavy atom. The first-order valence-electron chi connectivity index (χ1n) is 5.76. The van der Waals surface area contributed by atoms with Gasteiger partial charge in [0.2, 0.25) is 0 Å². The van der Waals surface area contributed by atoms with E-state index in [2.05, 4.69) is 22.1 Å². The summed E-state index contributed by atoms with van der Waals surface area (Å²) in [5, 5.41) is 2.78. The van der Waals surface area contributed by atoms with Crippen molar-refractivity contribution in [3.63, 3.8) is 0 Å². The Balaban J connectivity index is 2.00. The fourth-order valence-electron chi connectivity index (χ4n) is 1.85. The molecule has 1 aliphatic rings. The quantitative estimate of drug-likeness (QED) is 0.552. The number of likely N-dealkylation sites (tertiary alicyclic amines) is 1. The maximum Gasteiger partial charge on any atom is 0.295 e. The third-order valence-electron chi connectivity index (χ3n) is 2.62. The molecule has 0 saturated carbocycles. The second kappa shape index (κ2) is 7.30. The fourth-order valence-corrected chi connectivity index (χ4v) is 1.85. The van der Waals surface area contributed by atoms with Crippen molar-refractivity contribution in [2.24, 2.45) is 0 Å². The molecule has 84 valence electrons. The number of carbonyl (C=O) groups is 1. The number of rotatable bonds is 4. The lowest BCUT2D eigenvalue weighted by Crippen LogP contribution is -2.33. The van der Waals surface area contributed by atoms with Crippen molar-refractivity contribution in [3.8, 4) is 11.8 Å². The minimum Gasteiger partial charge on any atom is -0.345 e. The summed E-state index contributed by atoms with van der Waals surface area (Å²) < 4.78 is 0. The van der Waals surface area contributed by atoms with Crippen LogP contribution in [0.4, 0.5) is 0 Å². The van der Waals surface area contributed by atoms with E-state index in [1.54, 1.807) is 6.92 Å². The van der Waals surface area contributed by atoms with Gasteiger partial charge in [-0.1, -0.05) is 12.3 Å². The molecule has 1 amide bonds. The molecule has 1 fully saturated rings. The Bertz CT molecular complexity index is 246. The summed E-state index contributed by atoms with van der Waals surface area (Å²) in [6.45, 7) is 5.96. The van der Waals surface area contributed by atoms with E-state index in [-0.39, 0.29) is 5.91 Å². The van der Waals surface area contributed by atoms with Gasteiger partial charge in [0.15, 0.2) is 0 Å². The lowest BCUT2D eigenvalue weighted by atomic mass is 10.1. The number of amides is 1. The third-order valence-corrected chi connectivity index (χ3v) is 2.62. The van der Waals surface area contributed by atoms with Crippen molar-refractivity contribution in [2.45, 2.75) is 32.6 Å². The molecule has 1 heterocycles. The summed E-state index contributed by atoms with van der Waals surface area (Å²) in [7, 11) is 0. The van der Waals surface area contributed by atoms with Crippen LogP contribution < -0.4 is 5.32 Å². The van der Waals surface area contributed by atoms with Crippen molar-refractivity contribution in [2.75, 3.05) is 26.2 Å². The van der Waals surface area contributed by atoms with Crippen LogP contribution in [-0.4, -0.2) is 37.0 Å². The molecule has 15 heavy (non-hydrogen) atoms. The van der Waals surface area contributed by atoms with Crippen molar-refractivity contribution >= 4 is 5.91 Å². The molecule has 0 radical (unpaired) electrons. The van der Waals surface area contributed by atoms with E-state index >= 15 is 0 Å². The molecule has 0 bridgehead atoms. The molecule has 1 aliphatic heterocycles. The normalized spacial score (nSPS) is 16.6. The third kappa shape index (κ3) is 5.44. The topological polar surface area (TPSA) is 32.3 Å². The highest BCUT2D eigenvalue weighted by atomic mass is 16.1. The number of nitrogens with zero attached hydrogens (tertiary/aromatic N) is 1. The summed E-state index contributed by atoms with van der Waals surface area (Å²) in [5.41, 5.74) is 0. The molecule has 1 N–H and O–H groups in total. The molecular weight excluding hydrogens is 188 g/mol. The van der Waals surface area contributed by atoms with Gasteiger partial charge in [-0.2, -0.15) is 0 Å². The van der Waals surface area contributed by atoms with Gasteiger partial charge in [-0.15, -0.1) is 0 Å². The van der Waals surface area contributed by atoms with Crippen LogP contribution in [0.15, 0.2) is 0 Å². The molecule has 0 aromatic heterocycles. The first-order valence-corrected chi connectivity index (χ1v) is 5.76. The molecule has 0 atom stereocenters. The van der Waals surface area contributed by atoms with Gasteiger partial charge in [0.05, 0.1) is 0 Å². The number of piperidine rings is 1. The Labute approximate surface area is 92.2 Å². The molecule has 0 aliphatic carbocycles. The molecule has 0 aromatic carbocycles. The highest BCUT2D eigenvalue weighted by molar-refractivity contribution is 5.93. The summed E-state index contributed by atoms with van der Waals surface area (Å²) >= 11 is 0. The summed E-state index contributed by atoms with van der Waals surface area (Å²) in [6.07, 6.45) is 5.05. The van der Waals surface area contributed by atoms with E-state index < -0.39 is 0 Å². The monoisotopic (exact) mass is 208 g/mol. The van der Waals surface area contributed by atoms with Crippen LogP contribution in [0.2, 0.25) is 0 Å². The molecule has 1 saturated heterocycles. The maximum absolute atomic E-state index is 11.0. The molecule has 0 unspecified atom stereocenters. The largest absolute Gasteiger partial charge is 0.345 e.